The van der Waals surface area contributed by atoms with Crippen molar-refractivity contribution in [3.05, 3.63) is 47.5 Å². The normalized spacial score (nSPS) is 11.2. The van der Waals surface area contributed by atoms with Crippen molar-refractivity contribution in [1.29, 1.82) is 0 Å². The van der Waals surface area contributed by atoms with Gasteiger partial charge < -0.3 is 14.2 Å². The monoisotopic (exact) mass is 373 g/mol. The zero-order chi connectivity index (χ0) is 18.6. The van der Waals surface area contributed by atoms with E-state index in [1.54, 1.807) is 12.1 Å². The second-order valence-electron chi connectivity index (χ2n) is 4.95. The van der Waals surface area contributed by atoms with Crippen molar-refractivity contribution >= 4 is 10.0 Å². The minimum atomic E-state index is -4.12. The third-order valence-electron chi connectivity index (χ3n) is 3.39. The zero-order valence-corrected chi connectivity index (χ0v) is 14.6. The van der Waals surface area contributed by atoms with Gasteiger partial charge in [-0.2, -0.15) is 0 Å². The van der Waals surface area contributed by atoms with Crippen LogP contribution in [0.3, 0.4) is 0 Å². The summed E-state index contributed by atoms with van der Waals surface area (Å²) in [6.45, 7) is -0.177. The molecule has 0 saturated heterocycles. The van der Waals surface area contributed by atoms with Crippen molar-refractivity contribution < 1.29 is 31.4 Å². The minimum absolute atomic E-state index is 0.177. The van der Waals surface area contributed by atoms with Gasteiger partial charge in [0.25, 0.3) is 0 Å². The lowest BCUT2D eigenvalue weighted by Gasteiger charge is -2.14. The van der Waals surface area contributed by atoms with Crippen LogP contribution in [0.15, 0.2) is 35.2 Å². The highest BCUT2D eigenvalue weighted by Gasteiger charge is 2.18. The number of benzene rings is 2. The Kier molecular flexibility index (Phi) is 5.81. The Hall–Kier alpha value is -2.39. The highest BCUT2D eigenvalue weighted by atomic mass is 32.2. The first-order valence-corrected chi connectivity index (χ1v) is 8.53. The molecule has 0 fully saturated rings. The number of hydrogen-bond donors (Lipinski definition) is 1. The maximum Gasteiger partial charge on any atom is 0.241 e. The van der Waals surface area contributed by atoms with E-state index in [9.17, 15) is 17.2 Å². The van der Waals surface area contributed by atoms with Crippen LogP contribution in [0.25, 0.3) is 0 Å². The van der Waals surface area contributed by atoms with Crippen LogP contribution in [0, 0.1) is 11.6 Å². The molecule has 0 bridgehead atoms. The van der Waals surface area contributed by atoms with Crippen LogP contribution < -0.4 is 18.9 Å². The lowest BCUT2D eigenvalue weighted by Crippen LogP contribution is -2.24. The standard InChI is InChI=1S/C16H17F2NO5S/c1-22-14-8-16(24-3)15(23-2)4-10(14)9-19-25(20,21)13-6-11(17)5-12(18)7-13/h4-8,19H,9H2,1-3H3. The smallest absolute Gasteiger partial charge is 0.241 e. The first-order valence-electron chi connectivity index (χ1n) is 7.05. The van der Waals surface area contributed by atoms with Crippen molar-refractivity contribution in [2.75, 3.05) is 21.3 Å². The van der Waals surface area contributed by atoms with Crippen molar-refractivity contribution in [3.63, 3.8) is 0 Å². The fourth-order valence-corrected chi connectivity index (χ4v) is 3.22. The predicted molar refractivity (Wildman–Crippen MR) is 86.5 cm³/mol. The quantitative estimate of drug-likeness (QED) is 0.807. The van der Waals surface area contributed by atoms with E-state index in [1.165, 1.54) is 21.3 Å². The van der Waals surface area contributed by atoms with E-state index < -0.39 is 26.6 Å². The average molecular weight is 373 g/mol. The van der Waals surface area contributed by atoms with Gasteiger partial charge in [-0.3, -0.25) is 0 Å². The Morgan fingerprint density at radius 2 is 1.36 bits per heavy atom. The van der Waals surface area contributed by atoms with Crippen LogP contribution in [0.1, 0.15) is 5.56 Å². The molecule has 0 aromatic heterocycles. The molecule has 136 valence electrons. The fourth-order valence-electron chi connectivity index (χ4n) is 2.17. The largest absolute Gasteiger partial charge is 0.496 e. The third-order valence-corrected chi connectivity index (χ3v) is 4.77. The number of rotatable bonds is 7. The molecule has 2 rings (SSSR count). The third kappa shape index (κ3) is 4.37. The van der Waals surface area contributed by atoms with Crippen LogP contribution in [-0.4, -0.2) is 29.7 Å². The van der Waals surface area contributed by atoms with Gasteiger partial charge in [0.15, 0.2) is 11.5 Å². The number of ether oxygens (including phenoxy) is 3. The Morgan fingerprint density at radius 3 is 1.88 bits per heavy atom. The summed E-state index contributed by atoms with van der Waals surface area (Å²) in [6, 6.07) is 5.15. The summed E-state index contributed by atoms with van der Waals surface area (Å²) in [5.74, 6) is -0.800. The first-order chi connectivity index (χ1) is 11.8. The second-order valence-corrected chi connectivity index (χ2v) is 6.72. The van der Waals surface area contributed by atoms with Crippen LogP contribution in [0.5, 0.6) is 17.2 Å². The summed E-state index contributed by atoms with van der Waals surface area (Å²) in [5, 5.41) is 0. The van der Waals surface area contributed by atoms with Gasteiger partial charge in [-0.05, 0) is 18.2 Å². The molecule has 25 heavy (non-hydrogen) atoms. The maximum absolute atomic E-state index is 13.2. The number of nitrogens with one attached hydrogen (secondary N) is 1. The number of hydrogen-bond acceptors (Lipinski definition) is 5. The lowest BCUT2D eigenvalue weighted by atomic mass is 10.1. The van der Waals surface area contributed by atoms with Crippen LogP contribution in [0.4, 0.5) is 8.78 Å². The van der Waals surface area contributed by atoms with Crippen molar-refractivity contribution in [1.82, 2.24) is 4.72 Å². The Morgan fingerprint density at radius 1 is 0.840 bits per heavy atom. The van der Waals surface area contributed by atoms with Gasteiger partial charge >= 0.3 is 0 Å². The molecule has 0 amide bonds. The van der Waals surface area contributed by atoms with Crippen LogP contribution >= 0.6 is 0 Å². The molecule has 2 aromatic carbocycles. The second kappa shape index (κ2) is 7.66. The summed E-state index contributed by atoms with van der Waals surface area (Å²) >= 11 is 0. The molecule has 2 aromatic rings. The Labute approximate surface area is 144 Å². The number of sulfonamides is 1. The molecule has 0 atom stereocenters. The fraction of sp³-hybridized carbons (Fsp3) is 0.250. The predicted octanol–water partition coefficient (Wildman–Crippen LogP) is 2.47. The van der Waals surface area contributed by atoms with E-state index in [1.807, 2.05) is 0 Å². The molecule has 0 unspecified atom stereocenters. The number of methoxy groups -OCH3 is 3. The van der Waals surface area contributed by atoms with Crippen molar-refractivity contribution in [2.45, 2.75) is 11.4 Å². The van der Waals surface area contributed by atoms with Gasteiger partial charge in [0.1, 0.15) is 17.4 Å². The maximum atomic E-state index is 13.2. The summed E-state index contributed by atoms with van der Waals surface area (Å²) in [5.41, 5.74) is 0.459. The molecule has 9 heteroatoms. The highest BCUT2D eigenvalue weighted by Crippen LogP contribution is 2.34. The van der Waals surface area contributed by atoms with E-state index in [2.05, 4.69) is 4.72 Å². The molecule has 6 nitrogen and oxygen atoms in total. The summed E-state index contributed by atoms with van der Waals surface area (Å²) in [7, 11) is 0.191. The zero-order valence-electron chi connectivity index (χ0n) is 13.8. The van der Waals surface area contributed by atoms with Gasteiger partial charge in [0.05, 0.1) is 26.2 Å². The minimum Gasteiger partial charge on any atom is -0.496 e. The van der Waals surface area contributed by atoms with Gasteiger partial charge in [-0.1, -0.05) is 0 Å². The van der Waals surface area contributed by atoms with Crippen LogP contribution in [-0.2, 0) is 16.6 Å². The molecule has 0 aliphatic rings. The molecule has 0 aliphatic carbocycles. The van der Waals surface area contributed by atoms with Crippen LogP contribution in [0.2, 0.25) is 0 Å². The van der Waals surface area contributed by atoms with E-state index in [-0.39, 0.29) is 6.54 Å². The highest BCUT2D eigenvalue weighted by molar-refractivity contribution is 7.89. The SMILES string of the molecule is COc1cc(OC)c(OC)cc1CNS(=O)(=O)c1cc(F)cc(F)c1. The summed E-state index contributed by atoms with van der Waals surface area (Å²) in [6.07, 6.45) is 0. The van der Waals surface area contributed by atoms with Gasteiger partial charge in [-0.15, -0.1) is 0 Å². The topological polar surface area (TPSA) is 73.9 Å². The van der Waals surface area contributed by atoms with E-state index in [0.717, 1.165) is 12.1 Å². The summed E-state index contributed by atoms with van der Waals surface area (Å²) in [4.78, 5) is -0.510. The lowest BCUT2D eigenvalue weighted by molar-refractivity contribution is 0.347. The molecule has 0 aliphatic heterocycles. The Bertz CT molecular complexity index is 851. The molecule has 1 N–H and O–H groups in total. The Balaban J connectivity index is 2.30. The van der Waals surface area contributed by atoms with Gasteiger partial charge in [0.2, 0.25) is 10.0 Å². The van der Waals surface area contributed by atoms with Gasteiger partial charge in [0, 0.05) is 24.2 Å². The molecule has 0 saturated carbocycles. The average Bonchev–Trinajstić information content (AvgIpc) is 2.58. The molecule has 0 heterocycles. The van der Waals surface area contributed by atoms with E-state index in [0.29, 0.717) is 28.9 Å². The molecule has 0 radical (unpaired) electrons. The summed E-state index contributed by atoms with van der Waals surface area (Å²) < 4.78 is 68.8. The van der Waals surface area contributed by atoms with Crippen molar-refractivity contribution in [3.8, 4) is 17.2 Å². The molecular weight excluding hydrogens is 356 g/mol. The van der Waals surface area contributed by atoms with E-state index in [4.69, 9.17) is 14.2 Å². The van der Waals surface area contributed by atoms with E-state index >= 15 is 0 Å². The van der Waals surface area contributed by atoms with Crippen molar-refractivity contribution in [2.24, 2.45) is 0 Å². The molecule has 0 spiro atoms. The van der Waals surface area contributed by atoms with Gasteiger partial charge in [-0.25, -0.2) is 21.9 Å². The number of halogens is 2. The molecular formula is C16H17F2NO5S. The first kappa shape index (κ1) is 18.9.